The van der Waals surface area contributed by atoms with Crippen LogP contribution in [0, 0.1) is 0 Å². The van der Waals surface area contributed by atoms with Gasteiger partial charge in [0.1, 0.15) is 0 Å². The van der Waals surface area contributed by atoms with Crippen molar-refractivity contribution in [3.63, 3.8) is 0 Å². The number of hydrogen-bond acceptors (Lipinski definition) is 3. The fourth-order valence-corrected chi connectivity index (χ4v) is 1.23. The van der Waals surface area contributed by atoms with Crippen LogP contribution in [-0.2, 0) is 9.47 Å². The molecular weight excluding hydrogens is 261 g/mol. The Morgan fingerprint density at radius 3 is 2.47 bits per heavy atom. The zero-order chi connectivity index (χ0) is 14.3. The van der Waals surface area contributed by atoms with Crippen molar-refractivity contribution in [2.24, 2.45) is 0 Å². The van der Waals surface area contributed by atoms with Crippen molar-refractivity contribution in [1.82, 2.24) is 0 Å². The van der Waals surface area contributed by atoms with E-state index in [1.165, 1.54) is 13.0 Å². The van der Waals surface area contributed by atoms with Crippen LogP contribution in [0.15, 0.2) is 36.4 Å². The predicted molar refractivity (Wildman–Crippen MR) is 63.4 cm³/mol. The molecule has 6 heteroatoms. The van der Waals surface area contributed by atoms with Crippen molar-refractivity contribution in [1.29, 1.82) is 0 Å². The molecule has 1 atom stereocenters. The standard InChI is InChI=1S/C13H13F3O3/c1-2-18-12(17)19-11(13(14,15)16)9-8-10-6-4-3-5-7-10/h3-9,11H,2H2,1H3/b9-8+. The van der Waals surface area contributed by atoms with E-state index in [0.717, 1.165) is 6.08 Å². The van der Waals surface area contributed by atoms with E-state index in [0.29, 0.717) is 5.56 Å². The summed E-state index contributed by atoms with van der Waals surface area (Å²) in [5.74, 6) is 0. The zero-order valence-electron chi connectivity index (χ0n) is 10.2. The summed E-state index contributed by atoms with van der Waals surface area (Å²) in [7, 11) is 0. The lowest BCUT2D eigenvalue weighted by atomic mass is 10.2. The maximum atomic E-state index is 12.6. The average Bonchev–Trinajstić information content (AvgIpc) is 2.34. The van der Waals surface area contributed by atoms with Crippen LogP contribution < -0.4 is 0 Å². The highest BCUT2D eigenvalue weighted by molar-refractivity contribution is 5.61. The average molecular weight is 274 g/mol. The van der Waals surface area contributed by atoms with Crippen LogP contribution in [0.2, 0.25) is 0 Å². The Bertz CT molecular complexity index is 427. The van der Waals surface area contributed by atoms with Gasteiger partial charge in [0.05, 0.1) is 6.61 Å². The van der Waals surface area contributed by atoms with Gasteiger partial charge in [-0.25, -0.2) is 4.79 Å². The van der Waals surface area contributed by atoms with E-state index in [1.807, 2.05) is 0 Å². The molecule has 0 saturated heterocycles. The lowest BCUT2D eigenvalue weighted by molar-refractivity contribution is -0.192. The van der Waals surface area contributed by atoms with Crippen molar-refractivity contribution in [2.45, 2.75) is 19.2 Å². The van der Waals surface area contributed by atoms with Crippen LogP contribution >= 0.6 is 0 Å². The summed E-state index contributed by atoms with van der Waals surface area (Å²) in [6.07, 6.45) is -6.35. The van der Waals surface area contributed by atoms with Gasteiger partial charge in [0.2, 0.25) is 6.10 Å². The first-order valence-corrected chi connectivity index (χ1v) is 5.57. The second kappa shape index (κ2) is 6.82. The molecule has 3 nitrogen and oxygen atoms in total. The molecule has 0 saturated carbocycles. The highest BCUT2D eigenvalue weighted by Gasteiger charge is 2.41. The minimum Gasteiger partial charge on any atom is -0.435 e. The van der Waals surface area contributed by atoms with Crippen molar-refractivity contribution in [3.05, 3.63) is 42.0 Å². The molecule has 0 fully saturated rings. The molecule has 0 aromatic heterocycles. The van der Waals surface area contributed by atoms with Gasteiger partial charge >= 0.3 is 12.3 Å². The van der Waals surface area contributed by atoms with E-state index >= 15 is 0 Å². The summed E-state index contributed by atoms with van der Waals surface area (Å²) >= 11 is 0. The van der Waals surface area contributed by atoms with Crippen LogP contribution in [0.4, 0.5) is 18.0 Å². The number of carbonyl (C=O) groups excluding carboxylic acids is 1. The van der Waals surface area contributed by atoms with Gasteiger partial charge in [-0.1, -0.05) is 36.4 Å². The van der Waals surface area contributed by atoms with Gasteiger partial charge in [0.15, 0.2) is 0 Å². The smallest absolute Gasteiger partial charge is 0.435 e. The normalized spacial score (nSPS) is 13.3. The number of rotatable bonds is 4. The first-order valence-electron chi connectivity index (χ1n) is 5.57. The number of hydrogen-bond donors (Lipinski definition) is 0. The fraction of sp³-hybridized carbons (Fsp3) is 0.308. The quantitative estimate of drug-likeness (QED) is 0.783. The van der Waals surface area contributed by atoms with E-state index in [2.05, 4.69) is 9.47 Å². The lowest BCUT2D eigenvalue weighted by Gasteiger charge is -2.16. The molecule has 0 N–H and O–H groups in total. The van der Waals surface area contributed by atoms with E-state index in [-0.39, 0.29) is 6.61 Å². The number of carbonyl (C=O) groups is 1. The monoisotopic (exact) mass is 274 g/mol. The maximum Gasteiger partial charge on any atom is 0.509 e. The molecule has 0 heterocycles. The number of alkyl halides is 3. The van der Waals surface area contributed by atoms with Gasteiger partial charge < -0.3 is 9.47 Å². The van der Waals surface area contributed by atoms with Crippen molar-refractivity contribution >= 4 is 12.2 Å². The van der Waals surface area contributed by atoms with Crippen molar-refractivity contribution in [3.8, 4) is 0 Å². The largest absolute Gasteiger partial charge is 0.509 e. The summed E-state index contributed by atoms with van der Waals surface area (Å²) in [5.41, 5.74) is 0.573. The molecule has 0 aliphatic carbocycles. The molecule has 0 bridgehead atoms. The third-order valence-corrected chi connectivity index (χ3v) is 2.07. The Morgan fingerprint density at radius 1 is 1.32 bits per heavy atom. The molecule has 0 radical (unpaired) electrons. The van der Waals surface area contributed by atoms with Crippen LogP contribution in [-0.4, -0.2) is 25.0 Å². The number of ether oxygens (including phenoxy) is 2. The van der Waals surface area contributed by atoms with Crippen LogP contribution in [0.1, 0.15) is 12.5 Å². The molecule has 1 aromatic carbocycles. The van der Waals surface area contributed by atoms with E-state index < -0.39 is 18.4 Å². The van der Waals surface area contributed by atoms with Gasteiger partial charge in [0.25, 0.3) is 0 Å². The van der Waals surface area contributed by atoms with Crippen LogP contribution in [0.25, 0.3) is 6.08 Å². The Morgan fingerprint density at radius 2 is 1.95 bits per heavy atom. The SMILES string of the molecule is CCOC(=O)OC(/C=C/c1ccccc1)C(F)(F)F. The molecule has 1 rings (SSSR count). The lowest BCUT2D eigenvalue weighted by Crippen LogP contribution is -2.32. The molecule has 1 aromatic rings. The van der Waals surface area contributed by atoms with E-state index in [1.54, 1.807) is 30.3 Å². The Balaban J connectivity index is 2.76. The highest BCUT2D eigenvalue weighted by atomic mass is 19.4. The summed E-state index contributed by atoms with van der Waals surface area (Å²) in [4.78, 5) is 10.9. The molecule has 0 spiro atoms. The third-order valence-electron chi connectivity index (χ3n) is 2.07. The fourth-order valence-electron chi connectivity index (χ4n) is 1.23. The molecule has 0 amide bonds. The van der Waals surface area contributed by atoms with Gasteiger partial charge in [-0.3, -0.25) is 0 Å². The summed E-state index contributed by atoms with van der Waals surface area (Å²) < 4.78 is 46.4. The molecular formula is C13H13F3O3. The highest BCUT2D eigenvalue weighted by Crippen LogP contribution is 2.25. The van der Waals surface area contributed by atoms with Crippen LogP contribution in [0.3, 0.4) is 0 Å². The molecule has 104 valence electrons. The molecule has 0 aliphatic rings. The first-order chi connectivity index (χ1) is 8.93. The summed E-state index contributed by atoms with van der Waals surface area (Å²) in [6, 6.07) is 8.39. The topological polar surface area (TPSA) is 35.5 Å². The first kappa shape index (κ1) is 15.1. The van der Waals surface area contributed by atoms with Gasteiger partial charge in [-0.2, -0.15) is 13.2 Å². The van der Waals surface area contributed by atoms with Crippen LogP contribution in [0.5, 0.6) is 0 Å². The predicted octanol–water partition coefficient (Wildman–Crippen LogP) is 3.80. The Hall–Kier alpha value is -1.98. The second-order valence-corrected chi connectivity index (χ2v) is 3.53. The summed E-state index contributed by atoms with van der Waals surface area (Å²) in [5, 5.41) is 0. The van der Waals surface area contributed by atoms with E-state index in [4.69, 9.17) is 0 Å². The second-order valence-electron chi connectivity index (χ2n) is 3.53. The number of benzene rings is 1. The van der Waals surface area contributed by atoms with E-state index in [9.17, 15) is 18.0 Å². The maximum absolute atomic E-state index is 12.6. The van der Waals surface area contributed by atoms with Crippen molar-refractivity contribution in [2.75, 3.05) is 6.61 Å². The molecule has 1 unspecified atom stereocenters. The number of halogens is 3. The van der Waals surface area contributed by atoms with Gasteiger partial charge in [-0.15, -0.1) is 0 Å². The third kappa shape index (κ3) is 5.46. The summed E-state index contributed by atoms with van der Waals surface area (Å²) in [6.45, 7) is 1.43. The molecule has 0 aliphatic heterocycles. The minimum absolute atomic E-state index is 0.0498. The Labute approximate surface area is 108 Å². The van der Waals surface area contributed by atoms with Gasteiger partial charge in [0, 0.05) is 0 Å². The molecule has 19 heavy (non-hydrogen) atoms. The van der Waals surface area contributed by atoms with Gasteiger partial charge in [-0.05, 0) is 18.6 Å². The van der Waals surface area contributed by atoms with Crippen molar-refractivity contribution < 1.29 is 27.4 Å². The Kier molecular flexibility index (Phi) is 5.41. The zero-order valence-corrected chi connectivity index (χ0v) is 10.2. The minimum atomic E-state index is -4.68.